The highest BCUT2D eigenvalue weighted by molar-refractivity contribution is 5.91. The van der Waals surface area contributed by atoms with Crippen LogP contribution < -0.4 is 11.1 Å². The molecule has 0 aliphatic heterocycles. The summed E-state index contributed by atoms with van der Waals surface area (Å²) in [6.07, 6.45) is 0. The number of hydrogen-bond donors (Lipinski definition) is 2. The molecule has 21 heavy (non-hydrogen) atoms. The van der Waals surface area contributed by atoms with E-state index in [0.29, 0.717) is 12.4 Å². The van der Waals surface area contributed by atoms with Crippen LogP contribution in [0.5, 0.6) is 0 Å². The van der Waals surface area contributed by atoms with E-state index in [9.17, 15) is 0 Å². The van der Waals surface area contributed by atoms with Crippen LogP contribution in [-0.4, -0.2) is 17.1 Å². The molecule has 0 saturated carbocycles. The number of aromatic nitrogens is 2. The summed E-state index contributed by atoms with van der Waals surface area (Å²) in [4.78, 5) is 8.53. The number of benzene rings is 2. The largest absolute Gasteiger partial charge is 0.380 e. The second-order valence-electron chi connectivity index (χ2n) is 4.71. The number of para-hydroxylation sites is 1. The second kappa shape index (κ2) is 5.76. The first-order chi connectivity index (χ1) is 10.3. The summed E-state index contributed by atoms with van der Waals surface area (Å²) in [7, 11) is 1.68. The van der Waals surface area contributed by atoms with E-state index in [-0.39, 0.29) is 5.95 Å². The van der Waals surface area contributed by atoms with Crippen molar-refractivity contribution >= 4 is 28.4 Å². The van der Waals surface area contributed by atoms with E-state index < -0.39 is 0 Å². The van der Waals surface area contributed by atoms with Gasteiger partial charge in [-0.2, -0.15) is 4.98 Å². The van der Waals surface area contributed by atoms with Gasteiger partial charge in [-0.15, -0.1) is 0 Å². The van der Waals surface area contributed by atoms with Gasteiger partial charge >= 0.3 is 0 Å². The summed E-state index contributed by atoms with van der Waals surface area (Å²) in [6, 6.07) is 15.8. The molecule has 0 fully saturated rings. The van der Waals surface area contributed by atoms with Crippen LogP contribution in [0.25, 0.3) is 10.9 Å². The molecule has 0 radical (unpaired) electrons. The molecule has 0 spiro atoms. The minimum atomic E-state index is 0.254. The molecule has 2 aromatic carbocycles. The minimum Gasteiger partial charge on any atom is -0.380 e. The van der Waals surface area contributed by atoms with Crippen molar-refractivity contribution < 1.29 is 4.74 Å². The highest BCUT2D eigenvalue weighted by Gasteiger charge is 2.06. The Morgan fingerprint density at radius 1 is 1.10 bits per heavy atom. The van der Waals surface area contributed by atoms with Crippen molar-refractivity contribution in [3.63, 3.8) is 0 Å². The Morgan fingerprint density at radius 2 is 1.95 bits per heavy atom. The molecule has 0 aliphatic rings. The Labute approximate surface area is 122 Å². The topological polar surface area (TPSA) is 73.1 Å². The molecular weight excluding hydrogens is 264 g/mol. The zero-order chi connectivity index (χ0) is 14.7. The molecule has 3 N–H and O–H groups in total. The number of fused-ring (bicyclic) bond motifs is 1. The molecule has 106 valence electrons. The molecule has 0 atom stereocenters. The maximum absolute atomic E-state index is 5.77. The van der Waals surface area contributed by atoms with Crippen molar-refractivity contribution in [2.45, 2.75) is 6.61 Å². The SMILES string of the molecule is COCc1cccc(Nc2nc(N)nc3ccccc23)c1. The molecule has 5 heteroatoms. The van der Waals surface area contributed by atoms with Gasteiger partial charge in [0.2, 0.25) is 5.95 Å². The van der Waals surface area contributed by atoms with Crippen LogP contribution in [0.3, 0.4) is 0 Å². The third-order valence-electron chi connectivity index (χ3n) is 3.12. The Bertz CT molecular complexity index is 773. The summed E-state index contributed by atoms with van der Waals surface area (Å²) < 4.78 is 5.15. The highest BCUT2D eigenvalue weighted by Crippen LogP contribution is 2.24. The quantitative estimate of drug-likeness (QED) is 0.768. The number of nitrogens with two attached hydrogens (primary N) is 1. The van der Waals surface area contributed by atoms with E-state index in [1.54, 1.807) is 7.11 Å². The lowest BCUT2D eigenvalue weighted by Crippen LogP contribution is -2.01. The predicted molar refractivity (Wildman–Crippen MR) is 84.4 cm³/mol. The fourth-order valence-electron chi connectivity index (χ4n) is 2.23. The van der Waals surface area contributed by atoms with Gasteiger partial charge in [-0.3, -0.25) is 0 Å². The molecule has 5 nitrogen and oxygen atoms in total. The lowest BCUT2D eigenvalue weighted by Gasteiger charge is -2.10. The van der Waals surface area contributed by atoms with Crippen molar-refractivity contribution in [3.05, 3.63) is 54.1 Å². The molecule has 0 bridgehead atoms. The fraction of sp³-hybridized carbons (Fsp3) is 0.125. The van der Waals surface area contributed by atoms with Crippen molar-refractivity contribution in [2.24, 2.45) is 0 Å². The summed E-state index contributed by atoms with van der Waals surface area (Å²) in [5.41, 5.74) is 8.62. The summed E-state index contributed by atoms with van der Waals surface area (Å²) in [6.45, 7) is 0.572. The monoisotopic (exact) mass is 280 g/mol. The third-order valence-corrected chi connectivity index (χ3v) is 3.12. The molecule has 0 aliphatic carbocycles. The number of methoxy groups -OCH3 is 1. The van der Waals surface area contributed by atoms with Gasteiger partial charge in [-0.1, -0.05) is 24.3 Å². The summed E-state index contributed by atoms with van der Waals surface area (Å²) >= 11 is 0. The van der Waals surface area contributed by atoms with Crippen molar-refractivity contribution in [2.75, 3.05) is 18.2 Å². The number of ether oxygens (including phenoxy) is 1. The van der Waals surface area contributed by atoms with Crippen molar-refractivity contribution in [1.82, 2.24) is 9.97 Å². The molecular formula is C16H16N4O. The van der Waals surface area contributed by atoms with E-state index >= 15 is 0 Å². The molecule has 3 aromatic rings. The Balaban J connectivity index is 1.99. The van der Waals surface area contributed by atoms with Gasteiger partial charge in [0.05, 0.1) is 12.1 Å². The predicted octanol–water partition coefficient (Wildman–Crippen LogP) is 3.10. The van der Waals surface area contributed by atoms with Gasteiger partial charge in [0, 0.05) is 18.2 Å². The zero-order valence-electron chi connectivity index (χ0n) is 11.7. The lowest BCUT2D eigenvalue weighted by atomic mass is 10.2. The van der Waals surface area contributed by atoms with Crippen LogP contribution in [-0.2, 0) is 11.3 Å². The summed E-state index contributed by atoms with van der Waals surface area (Å²) in [5, 5.41) is 4.23. The molecule has 0 saturated heterocycles. The van der Waals surface area contributed by atoms with E-state index in [0.717, 1.165) is 22.2 Å². The Hall–Kier alpha value is -2.66. The van der Waals surface area contributed by atoms with Crippen LogP contribution in [0.2, 0.25) is 0 Å². The zero-order valence-corrected chi connectivity index (χ0v) is 11.7. The number of hydrogen-bond acceptors (Lipinski definition) is 5. The van der Waals surface area contributed by atoms with Crippen LogP contribution in [0, 0.1) is 0 Å². The molecule has 3 rings (SSSR count). The minimum absolute atomic E-state index is 0.254. The van der Waals surface area contributed by atoms with Gasteiger partial charge in [0.15, 0.2) is 0 Å². The maximum Gasteiger partial charge on any atom is 0.222 e. The molecule has 1 heterocycles. The van der Waals surface area contributed by atoms with Gasteiger partial charge in [-0.25, -0.2) is 4.98 Å². The van der Waals surface area contributed by atoms with Gasteiger partial charge in [-0.05, 0) is 29.8 Å². The first-order valence-electron chi connectivity index (χ1n) is 6.63. The molecule has 0 unspecified atom stereocenters. The van der Waals surface area contributed by atoms with Crippen LogP contribution in [0.1, 0.15) is 5.56 Å². The lowest BCUT2D eigenvalue weighted by molar-refractivity contribution is 0.185. The number of anilines is 3. The van der Waals surface area contributed by atoms with E-state index in [2.05, 4.69) is 15.3 Å². The normalized spacial score (nSPS) is 10.7. The maximum atomic E-state index is 5.77. The standard InChI is InChI=1S/C16H16N4O/c1-21-10-11-5-4-6-12(9-11)18-15-13-7-2-3-8-14(13)19-16(17)20-15/h2-9H,10H2,1H3,(H3,17,18,19,20). The highest BCUT2D eigenvalue weighted by atomic mass is 16.5. The van der Waals surface area contributed by atoms with Crippen molar-refractivity contribution in [1.29, 1.82) is 0 Å². The van der Waals surface area contributed by atoms with Gasteiger partial charge < -0.3 is 15.8 Å². The van der Waals surface area contributed by atoms with Gasteiger partial charge in [0.25, 0.3) is 0 Å². The first-order valence-corrected chi connectivity index (χ1v) is 6.63. The average molecular weight is 280 g/mol. The average Bonchev–Trinajstić information content (AvgIpc) is 2.48. The smallest absolute Gasteiger partial charge is 0.222 e. The van der Waals surface area contributed by atoms with Crippen molar-refractivity contribution in [3.8, 4) is 0 Å². The Morgan fingerprint density at radius 3 is 2.81 bits per heavy atom. The van der Waals surface area contributed by atoms with E-state index in [1.165, 1.54) is 0 Å². The van der Waals surface area contributed by atoms with Crippen LogP contribution in [0.15, 0.2) is 48.5 Å². The van der Waals surface area contributed by atoms with Crippen LogP contribution >= 0.6 is 0 Å². The first kappa shape index (κ1) is 13.3. The molecule has 0 amide bonds. The summed E-state index contributed by atoms with van der Waals surface area (Å²) in [5.74, 6) is 0.955. The van der Waals surface area contributed by atoms with E-state index in [4.69, 9.17) is 10.5 Å². The number of nitrogens with one attached hydrogen (secondary N) is 1. The Kier molecular flexibility index (Phi) is 3.66. The fourth-order valence-corrected chi connectivity index (χ4v) is 2.23. The third kappa shape index (κ3) is 2.93. The van der Waals surface area contributed by atoms with Gasteiger partial charge in [0.1, 0.15) is 5.82 Å². The molecule has 1 aromatic heterocycles. The number of nitrogen functional groups attached to an aromatic ring is 1. The second-order valence-corrected chi connectivity index (χ2v) is 4.71. The number of rotatable bonds is 4. The van der Waals surface area contributed by atoms with Crippen LogP contribution in [0.4, 0.5) is 17.5 Å². The number of nitrogens with zero attached hydrogens (tertiary/aromatic N) is 2. The van der Waals surface area contributed by atoms with E-state index in [1.807, 2.05) is 48.5 Å².